The van der Waals surface area contributed by atoms with Gasteiger partial charge in [-0.1, -0.05) is 25.5 Å². The third-order valence-corrected chi connectivity index (χ3v) is 3.84. The Morgan fingerprint density at radius 1 is 1.14 bits per heavy atom. The van der Waals surface area contributed by atoms with Gasteiger partial charge in [0.15, 0.2) is 0 Å². The van der Waals surface area contributed by atoms with Crippen molar-refractivity contribution in [2.45, 2.75) is 52.2 Å². The number of ether oxygens (including phenoxy) is 1. The molecule has 1 saturated heterocycles. The van der Waals surface area contributed by atoms with E-state index in [0.717, 1.165) is 31.9 Å². The van der Waals surface area contributed by atoms with E-state index in [2.05, 4.69) is 62.2 Å². The van der Waals surface area contributed by atoms with Crippen LogP contribution in [0, 0.1) is 0 Å². The summed E-state index contributed by atoms with van der Waals surface area (Å²) in [5.74, 6) is 0.960. The molecule has 1 aliphatic rings. The van der Waals surface area contributed by atoms with Gasteiger partial charge in [0, 0.05) is 32.2 Å². The van der Waals surface area contributed by atoms with E-state index in [1.807, 2.05) is 0 Å². The van der Waals surface area contributed by atoms with Crippen molar-refractivity contribution in [1.82, 2.24) is 10.2 Å². The van der Waals surface area contributed by atoms with Gasteiger partial charge in [0.25, 0.3) is 0 Å². The predicted molar refractivity (Wildman–Crippen MR) is 88.9 cm³/mol. The second kappa shape index (κ2) is 7.28. The fourth-order valence-corrected chi connectivity index (χ4v) is 2.94. The van der Waals surface area contributed by atoms with E-state index < -0.39 is 0 Å². The molecule has 0 aliphatic carbocycles. The van der Waals surface area contributed by atoms with Crippen molar-refractivity contribution in [1.29, 1.82) is 0 Å². The minimum Gasteiger partial charge on any atom is -0.488 e. The molecule has 0 aromatic heterocycles. The molecule has 1 heterocycles. The van der Waals surface area contributed by atoms with Crippen molar-refractivity contribution in [3.8, 4) is 5.75 Å². The molecule has 118 valence electrons. The Bertz CT molecular complexity index is 416. The van der Waals surface area contributed by atoms with E-state index in [1.165, 1.54) is 18.4 Å². The average molecular weight is 290 g/mol. The number of nitrogens with one attached hydrogen (secondary N) is 1. The Morgan fingerprint density at radius 3 is 2.29 bits per heavy atom. The highest BCUT2D eigenvalue weighted by molar-refractivity contribution is 5.29. The van der Waals surface area contributed by atoms with Crippen molar-refractivity contribution >= 4 is 0 Å². The third kappa shape index (κ3) is 5.01. The number of nitrogens with zero attached hydrogens (tertiary/aromatic N) is 1. The molecule has 1 aromatic rings. The molecule has 0 saturated carbocycles. The van der Waals surface area contributed by atoms with Crippen molar-refractivity contribution in [3.63, 3.8) is 0 Å². The normalized spacial score (nSPS) is 18.5. The Balaban J connectivity index is 2.09. The van der Waals surface area contributed by atoms with Crippen LogP contribution in [0.1, 0.15) is 52.1 Å². The summed E-state index contributed by atoms with van der Waals surface area (Å²) < 4.78 is 5.92. The second-order valence-corrected chi connectivity index (χ2v) is 6.87. The van der Waals surface area contributed by atoms with Crippen LogP contribution >= 0.6 is 0 Å². The number of hydrogen-bond donors (Lipinski definition) is 1. The molecule has 0 spiro atoms. The van der Waals surface area contributed by atoms with Gasteiger partial charge < -0.3 is 10.1 Å². The fourth-order valence-electron chi connectivity index (χ4n) is 2.94. The van der Waals surface area contributed by atoms with Gasteiger partial charge in [-0.25, -0.2) is 0 Å². The summed E-state index contributed by atoms with van der Waals surface area (Å²) in [6.45, 7) is 13.0. The number of piperazine rings is 1. The van der Waals surface area contributed by atoms with Gasteiger partial charge in [0.05, 0.1) is 0 Å². The Labute approximate surface area is 129 Å². The van der Waals surface area contributed by atoms with Gasteiger partial charge in [0.2, 0.25) is 0 Å². The Kier molecular flexibility index (Phi) is 5.65. The minimum atomic E-state index is -0.136. The maximum Gasteiger partial charge on any atom is 0.120 e. The van der Waals surface area contributed by atoms with Gasteiger partial charge >= 0.3 is 0 Å². The second-order valence-electron chi connectivity index (χ2n) is 6.87. The summed E-state index contributed by atoms with van der Waals surface area (Å²) in [6.07, 6.45) is 2.44. The maximum atomic E-state index is 5.92. The van der Waals surface area contributed by atoms with Crippen LogP contribution in [0.4, 0.5) is 0 Å². The number of rotatable bonds is 5. The van der Waals surface area contributed by atoms with E-state index in [0.29, 0.717) is 6.04 Å². The lowest BCUT2D eigenvalue weighted by Gasteiger charge is -2.35. The topological polar surface area (TPSA) is 24.5 Å². The lowest BCUT2D eigenvalue weighted by atomic mass is 9.99. The van der Waals surface area contributed by atoms with E-state index in [1.54, 1.807) is 0 Å². The van der Waals surface area contributed by atoms with Crippen molar-refractivity contribution in [2.24, 2.45) is 0 Å². The quantitative estimate of drug-likeness (QED) is 0.896. The first kappa shape index (κ1) is 16.3. The average Bonchev–Trinajstić information content (AvgIpc) is 2.45. The summed E-state index contributed by atoms with van der Waals surface area (Å²) in [4.78, 5) is 2.61. The zero-order valence-electron chi connectivity index (χ0n) is 14.0. The maximum absolute atomic E-state index is 5.92. The number of benzene rings is 1. The monoisotopic (exact) mass is 290 g/mol. The molecule has 3 nitrogen and oxygen atoms in total. The molecular formula is C18H30N2O. The van der Waals surface area contributed by atoms with E-state index in [9.17, 15) is 0 Å². The van der Waals surface area contributed by atoms with Crippen LogP contribution in [0.25, 0.3) is 0 Å². The molecule has 1 fully saturated rings. The first-order valence-electron chi connectivity index (χ1n) is 8.23. The van der Waals surface area contributed by atoms with Crippen LogP contribution in [-0.4, -0.2) is 36.7 Å². The van der Waals surface area contributed by atoms with Crippen LogP contribution < -0.4 is 10.1 Å². The summed E-state index contributed by atoms with van der Waals surface area (Å²) >= 11 is 0. The first-order valence-corrected chi connectivity index (χ1v) is 8.23. The van der Waals surface area contributed by atoms with E-state index in [-0.39, 0.29) is 5.60 Å². The molecule has 0 radical (unpaired) electrons. The molecule has 1 aromatic carbocycles. The number of hydrogen-bond acceptors (Lipinski definition) is 3. The Hall–Kier alpha value is -1.06. The highest BCUT2D eigenvalue weighted by Crippen LogP contribution is 2.28. The first-order chi connectivity index (χ1) is 9.99. The van der Waals surface area contributed by atoms with E-state index in [4.69, 9.17) is 4.74 Å². The van der Waals surface area contributed by atoms with Crippen LogP contribution in [0.3, 0.4) is 0 Å². The van der Waals surface area contributed by atoms with Crippen LogP contribution in [-0.2, 0) is 0 Å². The molecule has 0 amide bonds. The zero-order valence-corrected chi connectivity index (χ0v) is 14.0. The van der Waals surface area contributed by atoms with Gasteiger partial charge in [-0.3, -0.25) is 4.90 Å². The van der Waals surface area contributed by atoms with Crippen LogP contribution in [0.15, 0.2) is 24.3 Å². The molecule has 1 N–H and O–H groups in total. The SMILES string of the molecule is CCC[C@H](c1ccc(OC(C)(C)C)cc1)N1CCNCC1. The highest BCUT2D eigenvalue weighted by Gasteiger charge is 2.21. The lowest BCUT2D eigenvalue weighted by molar-refractivity contribution is 0.130. The molecule has 0 unspecified atom stereocenters. The van der Waals surface area contributed by atoms with Crippen molar-refractivity contribution in [2.75, 3.05) is 26.2 Å². The van der Waals surface area contributed by atoms with Crippen LogP contribution in [0.5, 0.6) is 5.75 Å². The van der Waals surface area contributed by atoms with Gasteiger partial charge in [-0.2, -0.15) is 0 Å². The predicted octanol–water partition coefficient (Wildman–Crippen LogP) is 3.61. The van der Waals surface area contributed by atoms with Crippen molar-refractivity contribution in [3.05, 3.63) is 29.8 Å². The summed E-state index contributed by atoms with van der Waals surface area (Å²) in [7, 11) is 0. The molecule has 21 heavy (non-hydrogen) atoms. The summed E-state index contributed by atoms with van der Waals surface area (Å²) in [5.41, 5.74) is 1.28. The van der Waals surface area contributed by atoms with E-state index >= 15 is 0 Å². The highest BCUT2D eigenvalue weighted by atomic mass is 16.5. The van der Waals surface area contributed by atoms with Gasteiger partial charge in [-0.05, 0) is 44.9 Å². The molecule has 3 heteroatoms. The lowest BCUT2D eigenvalue weighted by Crippen LogP contribution is -2.45. The van der Waals surface area contributed by atoms with Crippen molar-refractivity contribution < 1.29 is 4.74 Å². The molecule has 2 rings (SSSR count). The largest absolute Gasteiger partial charge is 0.488 e. The molecule has 1 aliphatic heterocycles. The smallest absolute Gasteiger partial charge is 0.120 e. The summed E-state index contributed by atoms with van der Waals surface area (Å²) in [5, 5.41) is 3.44. The standard InChI is InChI=1S/C18H30N2O/c1-5-6-17(20-13-11-19-12-14-20)15-7-9-16(10-8-15)21-18(2,3)4/h7-10,17,19H,5-6,11-14H2,1-4H3/t17-/m1/s1. The Morgan fingerprint density at radius 2 is 1.76 bits per heavy atom. The molecule has 0 bridgehead atoms. The summed E-state index contributed by atoms with van der Waals surface area (Å²) in [6, 6.07) is 9.25. The fraction of sp³-hybridized carbons (Fsp3) is 0.667. The molecular weight excluding hydrogens is 260 g/mol. The minimum absolute atomic E-state index is 0.136. The van der Waals surface area contributed by atoms with Gasteiger partial charge in [-0.15, -0.1) is 0 Å². The third-order valence-electron chi connectivity index (χ3n) is 3.84. The molecule has 1 atom stereocenters. The van der Waals surface area contributed by atoms with Gasteiger partial charge in [0.1, 0.15) is 11.4 Å². The zero-order chi connectivity index (χ0) is 15.3. The van der Waals surface area contributed by atoms with Crippen LogP contribution in [0.2, 0.25) is 0 Å².